The molecule has 0 unspecified atom stereocenters. The molecule has 1 aromatic rings. The van der Waals surface area contributed by atoms with Crippen LogP contribution in [0.1, 0.15) is 58.4 Å². The maximum absolute atomic E-state index is 13.0. The molecule has 2 saturated heterocycles. The van der Waals surface area contributed by atoms with Crippen LogP contribution < -0.4 is 14.8 Å². The molecule has 3 aliphatic heterocycles. The van der Waals surface area contributed by atoms with E-state index in [1.807, 2.05) is 11.0 Å². The molecule has 8 nitrogen and oxygen atoms in total. The van der Waals surface area contributed by atoms with Crippen LogP contribution in [0.3, 0.4) is 0 Å². The number of fused-ring (bicyclic) bond motifs is 3. The Kier molecular flexibility index (Phi) is 4.87. The predicted octanol–water partition coefficient (Wildman–Crippen LogP) is 3.04. The summed E-state index contributed by atoms with van der Waals surface area (Å²) in [6, 6.07) is 4.59. The second-order valence-corrected chi connectivity index (χ2v) is 10.9. The molecule has 3 fully saturated rings. The van der Waals surface area contributed by atoms with E-state index in [1.165, 1.54) is 4.90 Å². The molecule has 4 amide bonds. The summed E-state index contributed by atoms with van der Waals surface area (Å²) in [5.41, 5.74) is 1.22. The number of benzene rings is 1. The standard InChI is InChI=1S/C24H31N3O5/c1-23(2)9-16-10-24(3,12-23)13-27(16)20(28)7-5-17-21(29)26(22(30)25-17)11-15-4-6-18-19(8-15)32-14-31-18/h4,6,8,16-17H,5,7,9-14H2,1-3H3,(H,25,30)/t16-,17+,24+/m1/s1. The Hall–Kier alpha value is -2.77. The van der Waals surface area contributed by atoms with Crippen molar-refractivity contribution < 1.29 is 23.9 Å². The first-order valence-corrected chi connectivity index (χ1v) is 11.4. The zero-order valence-electron chi connectivity index (χ0n) is 19.0. The second kappa shape index (κ2) is 7.39. The number of likely N-dealkylation sites (tertiary alicyclic amines) is 1. The maximum Gasteiger partial charge on any atom is 0.325 e. The van der Waals surface area contributed by atoms with Gasteiger partial charge in [-0.05, 0) is 54.2 Å². The van der Waals surface area contributed by atoms with Crippen molar-refractivity contribution >= 4 is 17.8 Å². The number of carbonyl (C=O) groups excluding carboxylic acids is 3. The van der Waals surface area contributed by atoms with E-state index < -0.39 is 12.1 Å². The van der Waals surface area contributed by atoms with Crippen molar-refractivity contribution in [2.75, 3.05) is 13.3 Å². The quantitative estimate of drug-likeness (QED) is 0.710. The van der Waals surface area contributed by atoms with E-state index in [0.29, 0.717) is 17.9 Å². The molecule has 2 bridgehead atoms. The molecule has 3 atom stereocenters. The molecule has 1 aliphatic carbocycles. The Labute approximate surface area is 188 Å². The van der Waals surface area contributed by atoms with Gasteiger partial charge >= 0.3 is 6.03 Å². The van der Waals surface area contributed by atoms with E-state index in [-0.39, 0.29) is 48.4 Å². The third-order valence-electron chi connectivity index (χ3n) is 7.27. The van der Waals surface area contributed by atoms with Crippen molar-refractivity contribution in [3.8, 4) is 11.5 Å². The van der Waals surface area contributed by atoms with Gasteiger partial charge in [-0.3, -0.25) is 14.5 Å². The molecule has 32 heavy (non-hydrogen) atoms. The highest BCUT2D eigenvalue weighted by molar-refractivity contribution is 6.04. The lowest BCUT2D eigenvalue weighted by molar-refractivity contribution is -0.133. The number of imide groups is 1. The normalized spacial score (nSPS) is 30.1. The number of nitrogens with one attached hydrogen (secondary N) is 1. The van der Waals surface area contributed by atoms with Gasteiger partial charge in [0, 0.05) is 19.0 Å². The number of urea groups is 1. The fourth-order valence-corrected chi connectivity index (χ4v) is 6.31. The topological polar surface area (TPSA) is 88.2 Å². The van der Waals surface area contributed by atoms with Crippen LogP contribution in [-0.4, -0.2) is 53.1 Å². The third-order valence-corrected chi connectivity index (χ3v) is 7.27. The summed E-state index contributed by atoms with van der Waals surface area (Å²) < 4.78 is 10.7. The molecule has 1 N–H and O–H groups in total. The van der Waals surface area contributed by atoms with Crippen LogP contribution in [0.15, 0.2) is 18.2 Å². The molecule has 0 spiro atoms. The molecule has 0 radical (unpaired) electrons. The van der Waals surface area contributed by atoms with Crippen LogP contribution in [0.5, 0.6) is 11.5 Å². The summed E-state index contributed by atoms with van der Waals surface area (Å²) in [7, 11) is 0. The Balaban J connectivity index is 1.18. The first-order valence-electron chi connectivity index (χ1n) is 11.4. The van der Waals surface area contributed by atoms with E-state index in [4.69, 9.17) is 9.47 Å². The van der Waals surface area contributed by atoms with Gasteiger partial charge in [0.25, 0.3) is 5.91 Å². The summed E-state index contributed by atoms with van der Waals surface area (Å²) in [6.07, 6.45) is 3.81. The molecular weight excluding hydrogens is 410 g/mol. The number of carbonyl (C=O) groups is 3. The molecule has 8 heteroatoms. The van der Waals surface area contributed by atoms with Crippen molar-refractivity contribution in [3.63, 3.8) is 0 Å². The van der Waals surface area contributed by atoms with E-state index in [1.54, 1.807) is 12.1 Å². The Morgan fingerprint density at radius 1 is 1.16 bits per heavy atom. The molecule has 172 valence electrons. The summed E-state index contributed by atoms with van der Waals surface area (Å²) in [5.74, 6) is 1.08. The van der Waals surface area contributed by atoms with Crippen LogP contribution in [0, 0.1) is 10.8 Å². The van der Waals surface area contributed by atoms with Gasteiger partial charge < -0.3 is 19.7 Å². The highest BCUT2D eigenvalue weighted by atomic mass is 16.7. The van der Waals surface area contributed by atoms with Gasteiger partial charge in [0.05, 0.1) is 6.54 Å². The number of hydrogen-bond acceptors (Lipinski definition) is 5. The van der Waals surface area contributed by atoms with Crippen molar-refractivity contribution in [1.82, 2.24) is 15.1 Å². The van der Waals surface area contributed by atoms with Crippen LogP contribution in [0.25, 0.3) is 0 Å². The number of hydrogen-bond donors (Lipinski definition) is 1. The van der Waals surface area contributed by atoms with Gasteiger partial charge in [0.2, 0.25) is 12.7 Å². The first kappa shape index (κ1) is 21.1. The van der Waals surface area contributed by atoms with Crippen LogP contribution in [-0.2, 0) is 16.1 Å². The summed E-state index contributed by atoms with van der Waals surface area (Å²) in [5, 5.41) is 2.75. The Morgan fingerprint density at radius 2 is 1.94 bits per heavy atom. The molecule has 5 rings (SSSR count). The largest absolute Gasteiger partial charge is 0.454 e. The predicted molar refractivity (Wildman–Crippen MR) is 116 cm³/mol. The summed E-state index contributed by atoms with van der Waals surface area (Å²) >= 11 is 0. The highest BCUT2D eigenvalue weighted by Crippen LogP contribution is 2.52. The average molecular weight is 442 g/mol. The molecule has 4 aliphatic rings. The number of ether oxygens (including phenoxy) is 2. The molecule has 1 aromatic carbocycles. The number of rotatable bonds is 5. The highest BCUT2D eigenvalue weighted by Gasteiger charge is 2.51. The smallest absolute Gasteiger partial charge is 0.325 e. The van der Waals surface area contributed by atoms with Gasteiger partial charge in [0.15, 0.2) is 11.5 Å². The zero-order chi connectivity index (χ0) is 22.7. The first-order chi connectivity index (χ1) is 15.1. The minimum atomic E-state index is -0.658. The average Bonchev–Trinajstić information content (AvgIpc) is 3.35. The van der Waals surface area contributed by atoms with Gasteiger partial charge in [-0.1, -0.05) is 26.8 Å². The molecular formula is C24H31N3O5. The zero-order valence-corrected chi connectivity index (χ0v) is 19.0. The molecule has 1 saturated carbocycles. The minimum absolute atomic E-state index is 0.0905. The fraction of sp³-hybridized carbons (Fsp3) is 0.625. The summed E-state index contributed by atoms with van der Waals surface area (Å²) in [6.45, 7) is 7.98. The van der Waals surface area contributed by atoms with E-state index in [2.05, 4.69) is 26.1 Å². The fourth-order valence-electron chi connectivity index (χ4n) is 6.31. The van der Waals surface area contributed by atoms with Gasteiger partial charge in [-0.15, -0.1) is 0 Å². The van der Waals surface area contributed by atoms with E-state index in [9.17, 15) is 14.4 Å². The number of amides is 4. The van der Waals surface area contributed by atoms with Crippen LogP contribution in [0.4, 0.5) is 4.79 Å². The molecule has 3 heterocycles. The lowest BCUT2D eigenvalue weighted by Gasteiger charge is -2.39. The third kappa shape index (κ3) is 3.80. The van der Waals surface area contributed by atoms with Gasteiger partial charge in [0.1, 0.15) is 6.04 Å². The molecule has 0 aromatic heterocycles. The number of nitrogens with zero attached hydrogens (tertiary/aromatic N) is 2. The SMILES string of the molecule is CC1(C)C[C@@H]2C[C@](C)(CN2C(=O)CC[C@@H]2NC(=O)N(Cc3ccc4c(c3)OCO4)C2=O)C1. The Bertz CT molecular complexity index is 976. The van der Waals surface area contributed by atoms with Crippen LogP contribution >= 0.6 is 0 Å². The minimum Gasteiger partial charge on any atom is -0.454 e. The van der Waals surface area contributed by atoms with Crippen molar-refractivity contribution in [3.05, 3.63) is 23.8 Å². The monoisotopic (exact) mass is 441 g/mol. The van der Waals surface area contributed by atoms with Crippen molar-refractivity contribution in [1.29, 1.82) is 0 Å². The van der Waals surface area contributed by atoms with Crippen molar-refractivity contribution in [2.24, 2.45) is 10.8 Å². The second-order valence-electron chi connectivity index (χ2n) is 10.9. The maximum atomic E-state index is 13.0. The van der Waals surface area contributed by atoms with Gasteiger partial charge in [-0.2, -0.15) is 0 Å². The van der Waals surface area contributed by atoms with Crippen molar-refractivity contribution in [2.45, 2.75) is 71.5 Å². The van der Waals surface area contributed by atoms with Crippen LogP contribution in [0.2, 0.25) is 0 Å². The summed E-state index contributed by atoms with van der Waals surface area (Å²) in [4.78, 5) is 41.6. The lowest BCUT2D eigenvalue weighted by atomic mass is 9.65. The van der Waals surface area contributed by atoms with Gasteiger partial charge in [-0.25, -0.2) is 4.79 Å². The van der Waals surface area contributed by atoms with E-state index in [0.717, 1.165) is 31.4 Å². The lowest BCUT2D eigenvalue weighted by Crippen LogP contribution is -2.39. The Morgan fingerprint density at radius 3 is 2.75 bits per heavy atom. The van der Waals surface area contributed by atoms with E-state index >= 15 is 0 Å².